The van der Waals surface area contributed by atoms with Crippen molar-refractivity contribution in [3.63, 3.8) is 0 Å². The van der Waals surface area contributed by atoms with Crippen LogP contribution >= 0.6 is 0 Å². The molecular formula is C15H22N4O2. The van der Waals surface area contributed by atoms with Gasteiger partial charge < -0.3 is 19.7 Å². The van der Waals surface area contributed by atoms with E-state index in [0.717, 1.165) is 26.1 Å². The summed E-state index contributed by atoms with van der Waals surface area (Å²) >= 11 is 0. The zero-order chi connectivity index (χ0) is 15.2. The number of rotatable bonds is 7. The third kappa shape index (κ3) is 3.72. The van der Waals surface area contributed by atoms with Gasteiger partial charge in [0.25, 0.3) is 5.91 Å². The second kappa shape index (κ2) is 7.08. The van der Waals surface area contributed by atoms with Crippen LogP contribution in [-0.2, 0) is 0 Å². The Morgan fingerprint density at radius 3 is 2.86 bits per heavy atom. The van der Waals surface area contributed by atoms with Crippen molar-refractivity contribution in [1.82, 2.24) is 19.6 Å². The molecule has 2 aromatic rings. The van der Waals surface area contributed by atoms with Crippen LogP contribution in [0.2, 0.25) is 0 Å². The van der Waals surface area contributed by atoms with Crippen molar-refractivity contribution in [2.24, 2.45) is 0 Å². The maximum atomic E-state index is 12.0. The van der Waals surface area contributed by atoms with E-state index >= 15 is 0 Å². The summed E-state index contributed by atoms with van der Waals surface area (Å²) in [6.45, 7) is 7.90. The topological polar surface area (TPSA) is 69.9 Å². The Hall–Kier alpha value is -2.08. The van der Waals surface area contributed by atoms with E-state index in [2.05, 4.69) is 29.0 Å². The molecule has 0 aromatic carbocycles. The van der Waals surface area contributed by atoms with Gasteiger partial charge in [0.2, 0.25) is 0 Å². The number of nitrogens with zero attached hydrogens (tertiary/aromatic N) is 3. The van der Waals surface area contributed by atoms with Gasteiger partial charge in [-0.15, -0.1) is 0 Å². The lowest BCUT2D eigenvalue weighted by molar-refractivity contribution is 0.0947. The molecule has 0 saturated carbocycles. The van der Waals surface area contributed by atoms with E-state index in [1.165, 1.54) is 0 Å². The van der Waals surface area contributed by atoms with Crippen LogP contribution in [0.4, 0.5) is 0 Å². The molecule has 2 rings (SSSR count). The van der Waals surface area contributed by atoms with Crippen LogP contribution in [0, 0.1) is 0 Å². The lowest BCUT2D eigenvalue weighted by Gasteiger charge is -2.17. The number of hydrogen-bond acceptors (Lipinski definition) is 4. The van der Waals surface area contributed by atoms with E-state index in [1.807, 2.05) is 0 Å². The van der Waals surface area contributed by atoms with Crippen molar-refractivity contribution in [3.8, 4) is 5.75 Å². The first-order chi connectivity index (χ1) is 10.2. The predicted molar refractivity (Wildman–Crippen MR) is 81.6 cm³/mol. The van der Waals surface area contributed by atoms with Crippen LogP contribution in [0.1, 0.15) is 30.8 Å². The van der Waals surface area contributed by atoms with Gasteiger partial charge in [0, 0.05) is 18.9 Å². The van der Waals surface area contributed by atoms with Gasteiger partial charge in [-0.25, -0.2) is 4.98 Å². The van der Waals surface area contributed by atoms with Crippen LogP contribution in [0.15, 0.2) is 24.5 Å². The molecule has 0 radical (unpaired) electrons. The average molecular weight is 290 g/mol. The number of imidazole rings is 1. The smallest absolute Gasteiger partial charge is 0.271 e. The Morgan fingerprint density at radius 2 is 2.19 bits per heavy atom. The fourth-order valence-electron chi connectivity index (χ4n) is 2.24. The third-order valence-corrected chi connectivity index (χ3v) is 3.53. The van der Waals surface area contributed by atoms with Gasteiger partial charge in [-0.3, -0.25) is 4.79 Å². The first-order valence-electron chi connectivity index (χ1n) is 7.33. The summed E-state index contributed by atoms with van der Waals surface area (Å²) in [5, 5.41) is 12.5. The van der Waals surface area contributed by atoms with Crippen LogP contribution < -0.4 is 5.32 Å². The highest BCUT2D eigenvalue weighted by Crippen LogP contribution is 2.16. The molecule has 0 aliphatic carbocycles. The summed E-state index contributed by atoms with van der Waals surface area (Å²) in [5.74, 6) is -0.143. The Morgan fingerprint density at radius 1 is 1.43 bits per heavy atom. The molecule has 0 aliphatic rings. The highest BCUT2D eigenvalue weighted by molar-refractivity contribution is 5.93. The molecule has 1 amide bonds. The van der Waals surface area contributed by atoms with E-state index < -0.39 is 0 Å². The Kier molecular flexibility index (Phi) is 5.16. The molecule has 6 heteroatoms. The molecule has 0 saturated heterocycles. The second-order valence-electron chi connectivity index (χ2n) is 4.89. The zero-order valence-corrected chi connectivity index (χ0v) is 12.5. The van der Waals surface area contributed by atoms with Gasteiger partial charge in [-0.1, -0.05) is 13.8 Å². The first kappa shape index (κ1) is 15.3. The third-order valence-electron chi connectivity index (χ3n) is 3.53. The van der Waals surface area contributed by atoms with Crippen LogP contribution in [-0.4, -0.2) is 51.5 Å². The van der Waals surface area contributed by atoms with Gasteiger partial charge >= 0.3 is 0 Å². The lowest BCUT2D eigenvalue weighted by atomic mass is 10.3. The zero-order valence-electron chi connectivity index (χ0n) is 12.5. The Balaban J connectivity index is 1.89. The number of pyridine rings is 1. The molecule has 2 N–H and O–H groups in total. The van der Waals surface area contributed by atoms with Gasteiger partial charge in [0.1, 0.15) is 5.69 Å². The summed E-state index contributed by atoms with van der Waals surface area (Å²) < 4.78 is 1.64. The Bertz CT molecular complexity index is 605. The standard InChI is InChI=1S/C15H22N4O2/c1-3-18(4-2)9-6-8-16-15(21)12-11-19-10-5-7-13(20)14(19)17-12/h5,7,10-11,20H,3-4,6,8-9H2,1-2H3,(H,16,21). The number of carbonyl (C=O) groups is 1. The van der Waals surface area contributed by atoms with Gasteiger partial charge in [0.15, 0.2) is 11.4 Å². The molecule has 0 spiro atoms. The van der Waals surface area contributed by atoms with Gasteiger partial charge in [0.05, 0.1) is 0 Å². The number of carbonyl (C=O) groups excluding carboxylic acids is 1. The Labute approximate surface area is 124 Å². The molecule has 21 heavy (non-hydrogen) atoms. The molecule has 0 aliphatic heterocycles. The maximum absolute atomic E-state index is 12.0. The predicted octanol–water partition coefficient (Wildman–Crippen LogP) is 1.50. The number of hydrogen-bond donors (Lipinski definition) is 2. The fourth-order valence-corrected chi connectivity index (χ4v) is 2.24. The van der Waals surface area contributed by atoms with E-state index in [1.54, 1.807) is 28.9 Å². The molecule has 0 unspecified atom stereocenters. The summed E-state index contributed by atoms with van der Waals surface area (Å²) in [6.07, 6.45) is 4.28. The van der Waals surface area contributed by atoms with Crippen molar-refractivity contribution in [1.29, 1.82) is 0 Å². The van der Waals surface area contributed by atoms with E-state index in [-0.39, 0.29) is 11.7 Å². The number of fused-ring (bicyclic) bond motifs is 1. The normalized spacial score (nSPS) is 11.2. The molecule has 6 nitrogen and oxygen atoms in total. The highest BCUT2D eigenvalue weighted by Gasteiger charge is 2.12. The van der Waals surface area contributed by atoms with Crippen molar-refractivity contribution in [2.75, 3.05) is 26.2 Å². The molecule has 2 heterocycles. The summed E-state index contributed by atoms with van der Waals surface area (Å²) in [4.78, 5) is 18.5. The minimum atomic E-state index is -0.211. The number of nitrogens with one attached hydrogen (secondary N) is 1. The minimum Gasteiger partial charge on any atom is -0.504 e. The number of aromatic nitrogens is 2. The minimum absolute atomic E-state index is 0.0677. The van der Waals surface area contributed by atoms with Crippen molar-refractivity contribution < 1.29 is 9.90 Å². The van der Waals surface area contributed by atoms with E-state index in [4.69, 9.17) is 0 Å². The van der Waals surface area contributed by atoms with E-state index in [0.29, 0.717) is 17.9 Å². The molecule has 114 valence electrons. The largest absolute Gasteiger partial charge is 0.504 e. The van der Waals surface area contributed by atoms with E-state index in [9.17, 15) is 9.90 Å². The van der Waals surface area contributed by atoms with Gasteiger partial charge in [-0.2, -0.15) is 0 Å². The van der Waals surface area contributed by atoms with Crippen LogP contribution in [0.25, 0.3) is 5.65 Å². The molecule has 0 bridgehead atoms. The first-order valence-corrected chi connectivity index (χ1v) is 7.33. The number of aromatic hydroxyl groups is 1. The maximum Gasteiger partial charge on any atom is 0.271 e. The second-order valence-corrected chi connectivity index (χ2v) is 4.89. The SMILES string of the molecule is CCN(CC)CCCNC(=O)c1cn2cccc(O)c2n1. The molecular weight excluding hydrogens is 268 g/mol. The summed E-state index contributed by atoms with van der Waals surface area (Å²) in [7, 11) is 0. The van der Waals surface area contributed by atoms with Gasteiger partial charge in [-0.05, 0) is 38.2 Å². The quantitative estimate of drug-likeness (QED) is 0.758. The van der Waals surface area contributed by atoms with Crippen molar-refractivity contribution in [2.45, 2.75) is 20.3 Å². The number of amides is 1. The molecule has 0 atom stereocenters. The summed E-state index contributed by atoms with van der Waals surface area (Å²) in [5.41, 5.74) is 0.713. The van der Waals surface area contributed by atoms with Crippen LogP contribution in [0.3, 0.4) is 0 Å². The highest BCUT2D eigenvalue weighted by atomic mass is 16.3. The lowest BCUT2D eigenvalue weighted by Crippen LogP contribution is -2.30. The van der Waals surface area contributed by atoms with Crippen LogP contribution in [0.5, 0.6) is 5.75 Å². The monoisotopic (exact) mass is 290 g/mol. The summed E-state index contributed by atoms with van der Waals surface area (Å²) in [6, 6.07) is 3.25. The fraction of sp³-hybridized carbons (Fsp3) is 0.467. The van der Waals surface area contributed by atoms with Crippen molar-refractivity contribution in [3.05, 3.63) is 30.2 Å². The average Bonchev–Trinajstić information content (AvgIpc) is 2.93. The molecule has 2 aromatic heterocycles. The van der Waals surface area contributed by atoms with Crippen molar-refractivity contribution >= 4 is 11.6 Å². The molecule has 0 fully saturated rings.